The second-order valence-electron chi connectivity index (χ2n) is 8.48. The maximum atomic E-state index is 8.89. The van der Waals surface area contributed by atoms with Crippen LogP contribution in [0.4, 0.5) is 0 Å². The van der Waals surface area contributed by atoms with Crippen molar-refractivity contribution in [3.8, 4) is 0 Å². The molecule has 0 saturated heterocycles. The van der Waals surface area contributed by atoms with Crippen LogP contribution in [-0.2, 0) is 38.5 Å². The van der Waals surface area contributed by atoms with E-state index in [0.29, 0.717) is 36.8 Å². The van der Waals surface area contributed by atoms with Gasteiger partial charge in [0.25, 0.3) is 0 Å². The molecule has 0 amide bonds. The fraction of sp³-hybridized carbons (Fsp3) is 0.583. The van der Waals surface area contributed by atoms with Crippen LogP contribution < -0.4 is 10.2 Å². The van der Waals surface area contributed by atoms with Crippen molar-refractivity contribution in [3.63, 3.8) is 0 Å². The van der Waals surface area contributed by atoms with Crippen LogP contribution in [0.25, 0.3) is 0 Å². The van der Waals surface area contributed by atoms with Gasteiger partial charge < -0.3 is 34.8 Å². The largest absolute Gasteiger partial charge is 3.00 e. The van der Waals surface area contributed by atoms with Crippen LogP contribution >= 0.6 is 0 Å². The first-order valence-corrected chi connectivity index (χ1v) is 10.6. The molecular weight excluding hydrogens is 531 g/mol. The van der Waals surface area contributed by atoms with Gasteiger partial charge in [0, 0.05) is 11.9 Å². The number of carbonyl (C=O) groups is 2. The van der Waals surface area contributed by atoms with Crippen LogP contribution in [0.3, 0.4) is 0 Å². The van der Waals surface area contributed by atoms with Gasteiger partial charge in [-0.3, -0.25) is 9.98 Å². The van der Waals surface area contributed by atoms with Crippen molar-refractivity contribution in [1.82, 2.24) is 0 Å². The third kappa shape index (κ3) is 10.7. The number of rotatable bonds is 4. The Bertz CT molecular complexity index is 807. The van der Waals surface area contributed by atoms with Crippen molar-refractivity contribution in [2.24, 2.45) is 21.8 Å². The molecule has 1 aromatic carbocycles. The van der Waals surface area contributed by atoms with Gasteiger partial charge >= 0.3 is 19.5 Å². The van der Waals surface area contributed by atoms with E-state index >= 15 is 0 Å². The van der Waals surface area contributed by atoms with Gasteiger partial charge in [-0.25, -0.2) is 0 Å². The van der Waals surface area contributed by atoms with Crippen LogP contribution in [0.1, 0.15) is 63.8 Å². The number of hydrogen-bond acceptors (Lipinski definition) is 8. The summed E-state index contributed by atoms with van der Waals surface area (Å²) in [5.41, 5.74) is 4.10. The van der Waals surface area contributed by atoms with Crippen molar-refractivity contribution >= 4 is 23.7 Å². The first kappa shape index (κ1) is 33.9. The molecule has 2 N–H and O–H groups in total. The van der Waals surface area contributed by atoms with E-state index in [9.17, 15) is 0 Å². The Morgan fingerprint density at radius 2 is 1.18 bits per heavy atom. The number of carboxylic acids is 2. The Morgan fingerprint density at radius 3 is 1.41 bits per heavy atom. The molecule has 0 saturated carbocycles. The minimum atomic E-state index is -1.08. The summed E-state index contributed by atoms with van der Waals surface area (Å²) in [5, 5.41) is 17.8. The molecule has 0 fully saturated rings. The van der Waals surface area contributed by atoms with E-state index in [1.807, 2.05) is 0 Å². The predicted octanol–water partition coefficient (Wildman–Crippen LogP) is 0.392. The van der Waals surface area contributed by atoms with Gasteiger partial charge in [-0.1, -0.05) is 52.7 Å². The van der Waals surface area contributed by atoms with Crippen LogP contribution in [0.5, 0.6) is 0 Å². The predicted molar refractivity (Wildman–Crippen MR) is 122 cm³/mol. The van der Waals surface area contributed by atoms with Gasteiger partial charge in [0.05, 0.1) is 12.1 Å². The number of benzene rings is 1. The van der Waals surface area contributed by atoms with E-state index in [-0.39, 0.29) is 37.0 Å². The molecule has 10 heteroatoms. The van der Waals surface area contributed by atoms with Gasteiger partial charge in [0.2, 0.25) is 0 Å². The van der Waals surface area contributed by atoms with Gasteiger partial charge in [0.1, 0.15) is 25.0 Å². The summed E-state index contributed by atoms with van der Waals surface area (Å²) in [5.74, 6) is 0.182. The summed E-state index contributed by atoms with van der Waals surface area (Å²) in [4.78, 5) is 27.3. The Morgan fingerprint density at radius 1 is 0.882 bits per heavy atom. The van der Waals surface area contributed by atoms with Crippen molar-refractivity contribution in [2.45, 2.75) is 67.5 Å². The Balaban J connectivity index is 0. The molecule has 0 aliphatic carbocycles. The zero-order chi connectivity index (χ0) is 24.6. The molecule has 0 aromatic heterocycles. The third-order valence-corrected chi connectivity index (χ3v) is 4.79. The average molecular weight is 566 g/mol. The molecule has 2 aliphatic heterocycles. The molecule has 3 rings (SSSR count). The maximum absolute atomic E-state index is 8.89. The minimum Gasteiger partial charge on any atom is -0.550 e. The summed E-state index contributed by atoms with van der Waals surface area (Å²) < 4.78 is 11.7. The molecule has 192 valence electrons. The summed E-state index contributed by atoms with van der Waals surface area (Å²) in [6.45, 7) is 16.1. The second-order valence-corrected chi connectivity index (χ2v) is 8.48. The summed E-state index contributed by atoms with van der Waals surface area (Å²) >= 11 is 0. The number of aliphatic imine (C=N–C) groups is 2. The van der Waals surface area contributed by atoms with E-state index in [1.165, 1.54) is 0 Å². The number of carbonyl (C=O) groups excluding carboxylic acids is 2. The SMILES string of the molecule is CC(=O)[O-].CC(=O)[O-].Cc1cc(C)c(C2=NC(C(C)C)CO2)[c-]c1C1=NC(C(C)C)CO1.O.[Rh+3]. The van der Waals surface area contributed by atoms with Crippen molar-refractivity contribution in [3.05, 3.63) is 34.4 Å². The first-order valence-electron chi connectivity index (χ1n) is 10.6. The molecule has 0 radical (unpaired) electrons. The van der Waals surface area contributed by atoms with Crippen molar-refractivity contribution < 1.29 is 54.2 Å². The molecule has 2 heterocycles. The maximum Gasteiger partial charge on any atom is 3.00 e. The monoisotopic (exact) mass is 566 g/mol. The van der Waals surface area contributed by atoms with Crippen molar-refractivity contribution in [1.29, 1.82) is 0 Å². The van der Waals surface area contributed by atoms with E-state index < -0.39 is 11.9 Å². The molecule has 2 aliphatic rings. The number of ether oxygens (including phenoxy) is 2. The standard InChI is InChI=1S/C20H27N2O2.2C2H4O2.H2O.Rh/c1-11(2)17-9-23-19(21-17)15-8-16(14(6)7-13(15)5)20-22-18(10-24-20)12(3)4;2*1-2(3)4;;/h7,11-12,17-18H,9-10H2,1-6H3;2*1H3,(H,3,4);1H2;/q-1;;;;+3/p-2. The second kappa shape index (κ2) is 15.6. The van der Waals surface area contributed by atoms with E-state index in [2.05, 4.69) is 53.7 Å². The number of carboxylic acid groups (broad SMARTS) is 2. The van der Waals surface area contributed by atoms with Crippen LogP contribution in [-0.4, -0.2) is 54.5 Å². The fourth-order valence-corrected chi connectivity index (χ4v) is 2.97. The van der Waals surface area contributed by atoms with Gasteiger partial charge in [0.15, 0.2) is 0 Å². The quantitative estimate of drug-likeness (QED) is 0.379. The Labute approximate surface area is 214 Å². The molecule has 2 atom stereocenters. The fourth-order valence-electron chi connectivity index (χ4n) is 2.97. The van der Waals surface area contributed by atoms with E-state index in [4.69, 9.17) is 39.3 Å². The number of aryl methyl sites for hydroxylation is 2. The van der Waals surface area contributed by atoms with Crippen LogP contribution in [0.15, 0.2) is 16.1 Å². The van der Waals surface area contributed by atoms with Gasteiger partial charge in [-0.15, -0.1) is 23.3 Å². The molecular formula is C24H35N2O7Rh. The minimum absolute atomic E-state index is 0. The normalized spacial score (nSPS) is 17.9. The van der Waals surface area contributed by atoms with Crippen LogP contribution in [0.2, 0.25) is 0 Å². The average Bonchev–Trinajstić information content (AvgIpc) is 3.31. The third-order valence-electron chi connectivity index (χ3n) is 4.79. The zero-order valence-corrected chi connectivity index (χ0v) is 22.6. The van der Waals surface area contributed by atoms with E-state index in [1.54, 1.807) is 0 Å². The van der Waals surface area contributed by atoms with Gasteiger partial charge in [-0.2, -0.15) is 0 Å². The van der Waals surface area contributed by atoms with Crippen LogP contribution in [0, 0.1) is 31.7 Å². The smallest absolute Gasteiger partial charge is 0.550 e. The Kier molecular flexibility index (Phi) is 15.5. The Hall–Kier alpha value is -2.32. The topological polar surface area (TPSA) is 155 Å². The summed E-state index contributed by atoms with van der Waals surface area (Å²) in [7, 11) is 0. The van der Waals surface area contributed by atoms with Crippen molar-refractivity contribution in [2.75, 3.05) is 13.2 Å². The molecule has 0 bridgehead atoms. The summed E-state index contributed by atoms with van der Waals surface area (Å²) in [6.07, 6.45) is 0. The van der Waals surface area contributed by atoms with E-state index in [0.717, 1.165) is 36.1 Å². The number of aliphatic carboxylic acids is 2. The molecule has 9 nitrogen and oxygen atoms in total. The number of hydrogen-bond donors (Lipinski definition) is 0. The molecule has 34 heavy (non-hydrogen) atoms. The molecule has 2 unspecified atom stereocenters. The van der Waals surface area contributed by atoms with Gasteiger partial charge in [-0.05, 0) is 25.7 Å². The first-order chi connectivity index (χ1) is 14.8. The zero-order valence-electron chi connectivity index (χ0n) is 21.0. The number of nitrogens with zero attached hydrogens (tertiary/aromatic N) is 2. The molecule has 0 spiro atoms. The molecule has 1 aromatic rings. The summed E-state index contributed by atoms with van der Waals surface area (Å²) in [6, 6.07) is 6.07.